The Hall–Kier alpha value is -3.40. The van der Waals surface area contributed by atoms with E-state index in [0.29, 0.717) is 27.4 Å². The minimum atomic E-state index is -4.38. The van der Waals surface area contributed by atoms with E-state index in [9.17, 15) is 18.0 Å². The molecule has 0 saturated heterocycles. The lowest BCUT2D eigenvalue weighted by atomic mass is 10.1. The van der Waals surface area contributed by atoms with Crippen LogP contribution in [0, 0.1) is 13.8 Å². The van der Waals surface area contributed by atoms with Crippen LogP contribution >= 0.6 is 11.3 Å². The zero-order chi connectivity index (χ0) is 23.0. The number of carboxylic acid groups (broad SMARTS) is 1. The van der Waals surface area contributed by atoms with E-state index in [0.717, 1.165) is 28.3 Å². The van der Waals surface area contributed by atoms with Crippen molar-refractivity contribution in [2.24, 2.45) is 0 Å². The minimum absolute atomic E-state index is 0.118. The van der Waals surface area contributed by atoms with Crippen LogP contribution in [0.4, 0.5) is 13.2 Å². The Labute approximate surface area is 184 Å². The van der Waals surface area contributed by atoms with Gasteiger partial charge in [0.15, 0.2) is 5.58 Å². The van der Waals surface area contributed by atoms with E-state index in [1.807, 2.05) is 13.8 Å². The number of hydrogen-bond donors (Lipinski definition) is 1. The molecule has 4 rings (SSSR count). The van der Waals surface area contributed by atoms with Gasteiger partial charge in [-0.2, -0.15) is 13.2 Å². The zero-order valence-corrected chi connectivity index (χ0v) is 17.8. The van der Waals surface area contributed by atoms with Gasteiger partial charge in [-0.1, -0.05) is 12.1 Å². The number of aliphatic carboxylic acids is 1. The highest BCUT2D eigenvalue weighted by atomic mass is 32.1. The number of aromatic nitrogens is 2. The molecule has 2 aromatic heterocycles. The van der Waals surface area contributed by atoms with E-state index in [1.165, 1.54) is 23.5 Å². The molecule has 2 heterocycles. The van der Waals surface area contributed by atoms with Gasteiger partial charge in [-0.15, -0.1) is 11.3 Å². The maximum absolute atomic E-state index is 12.8. The van der Waals surface area contributed by atoms with E-state index < -0.39 is 17.7 Å². The summed E-state index contributed by atoms with van der Waals surface area (Å²) in [6.45, 7) is 3.84. The van der Waals surface area contributed by atoms with E-state index in [2.05, 4.69) is 9.97 Å². The Bertz CT molecular complexity index is 1290. The van der Waals surface area contributed by atoms with E-state index in [4.69, 9.17) is 14.3 Å². The number of nitrogens with zero attached hydrogens (tertiary/aromatic N) is 2. The summed E-state index contributed by atoms with van der Waals surface area (Å²) in [7, 11) is 0. The summed E-state index contributed by atoms with van der Waals surface area (Å²) in [6.07, 6.45) is -4.69. The Balaban J connectivity index is 1.51. The molecule has 0 saturated carbocycles. The second kappa shape index (κ2) is 8.27. The molecule has 0 unspecified atom stereocenters. The average Bonchev–Trinajstić information content (AvgIpc) is 3.28. The summed E-state index contributed by atoms with van der Waals surface area (Å²) in [5.74, 6) is -0.378. The molecule has 166 valence electrons. The second-order valence-corrected chi connectivity index (χ2v) is 8.24. The summed E-state index contributed by atoms with van der Waals surface area (Å²) in [6, 6.07) is 8.33. The van der Waals surface area contributed by atoms with Gasteiger partial charge in [0, 0.05) is 11.6 Å². The standard InChI is InChI=1S/C22H17F3N2O4S/c1-11-7-15(8-16-20(11)31-18(27-16)9-19(28)29)30-10-17-12(2)26-21(32-17)13-3-5-14(6-4-13)22(23,24)25/h3-8H,9-10H2,1-2H3,(H,28,29). The van der Waals surface area contributed by atoms with Crippen molar-refractivity contribution in [2.45, 2.75) is 33.1 Å². The molecule has 0 atom stereocenters. The highest BCUT2D eigenvalue weighted by Crippen LogP contribution is 2.33. The first-order valence-electron chi connectivity index (χ1n) is 9.49. The number of alkyl halides is 3. The molecule has 0 aliphatic carbocycles. The Morgan fingerprint density at radius 3 is 2.53 bits per heavy atom. The van der Waals surface area contributed by atoms with Crippen molar-refractivity contribution in [1.82, 2.24) is 9.97 Å². The van der Waals surface area contributed by atoms with Crippen LogP contribution in [0.2, 0.25) is 0 Å². The van der Waals surface area contributed by atoms with Gasteiger partial charge < -0.3 is 14.3 Å². The SMILES string of the molecule is Cc1nc(-c2ccc(C(F)(F)F)cc2)sc1COc1cc(C)c2oc(CC(=O)O)nc2c1. The number of benzene rings is 2. The Kier molecular flexibility index (Phi) is 5.64. The fourth-order valence-electron chi connectivity index (χ4n) is 3.14. The normalized spacial score (nSPS) is 11.8. The fourth-order valence-corrected chi connectivity index (χ4v) is 4.12. The predicted molar refractivity (Wildman–Crippen MR) is 112 cm³/mol. The lowest BCUT2D eigenvalue weighted by Gasteiger charge is -2.06. The van der Waals surface area contributed by atoms with Gasteiger partial charge in [0.05, 0.1) is 16.1 Å². The third kappa shape index (κ3) is 4.59. The highest BCUT2D eigenvalue weighted by Gasteiger charge is 2.30. The number of oxazole rings is 1. The summed E-state index contributed by atoms with van der Waals surface area (Å²) >= 11 is 1.35. The highest BCUT2D eigenvalue weighted by molar-refractivity contribution is 7.15. The van der Waals surface area contributed by atoms with Gasteiger partial charge in [-0.05, 0) is 37.6 Å². The van der Waals surface area contributed by atoms with Crippen LogP contribution < -0.4 is 4.74 Å². The van der Waals surface area contributed by atoms with E-state index >= 15 is 0 Å². The van der Waals surface area contributed by atoms with Crippen molar-refractivity contribution in [3.05, 3.63) is 64.0 Å². The summed E-state index contributed by atoms with van der Waals surface area (Å²) < 4.78 is 49.7. The first-order valence-corrected chi connectivity index (χ1v) is 10.3. The lowest BCUT2D eigenvalue weighted by Crippen LogP contribution is -2.03. The van der Waals surface area contributed by atoms with Gasteiger partial charge in [-0.3, -0.25) is 4.79 Å². The first-order chi connectivity index (χ1) is 15.1. The van der Waals surface area contributed by atoms with Crippen LogP contribution in [-0.4, -0.2) is 21.0 Å². The van der Waals surface area contributed by atoms with Crippen molar-refractivity contribution in [3.8, 4) is 16.3 Å². The summed E-state index contributed by atoms with van der Waals surface area (Å²) in [5, 5.41) is 9.51. The molecule has 6 nitrogen and oxygen atoms in total. The van der Waals surface area contributed by atoms with Crippen LogP contribution in [0.15, 0.2) is 40.8 Å². The van der Waals surface area contributed by atoms with Crippen LogP contribution in [0.3, 0.4) is 0 Å². The van der Waals surface area contributed by atoms with Crippen LogP contribution in [0.25, 0.3) is 21.7 Å². The van der Waals surface area contributed by atoms with E-state index in [1.54, 1.807) is 12.1 Å². The Morgan fingerprint density at radius 1 is 1.16 bits per heavy atom. The third-order valence-corrected chi connectivity index (χ3v) is 5.90. The molecule has 1 N–H and O–H groups in total. The number of carbonyl (C=O) groups is 1. The number of thiazole rings is 1. The van der Waals surface area contributed by atoms with Gasteiger partial charge >= 0.3 is 12.1 Å². The number of halogens is 3. The number of rotatable bonds is 6. The molecule has 0 amide bonds. The smallest absolute Gasteiger partial charge is 0.416 e. The van der Waals surface area contributed by atoms with Gasteiger partial charge in [0.2, 0.25) is 5.89 Å². The number of aryl methyl sites for hydroxylation is 2. The lowest BCUT2D eigenvalue weighted by molar-refractivity contribution is -0.138. The molecule has 0 aliphatic rings. The van der Waals surface area contributed by atoms with Gasteiger partial charge in [0.25, 0.3) is 0 Å². The molecule has 0 fully saturated rings. The molecule has 32 heavy (non-hydrogen) atoms. The topological polar surface area (TPSA) is 85.5 Å². The van der Waals surface area contributed by atoms with E-state index in [-0.39, 0.29) is 18.9 Å². The van der Waals surface area contributed by atoms with Crippen molar-refractivity contribution in [2.75, 3.05) is 0 Å². The maximum Gasteiger partial charge on any atom is 0.416 e. The fraction of sp³-hybridized carbons (Fsp3) is 0.227. The van der Waals surface area contributed by atoms with Crippen molar-refractivity contribution in [3.63, 3.8) is 0 Å². The van der Waals surface area contributed by atoms with Crippen molar-refractivity contribution in [1.29, 1.82) is 0 Å². The molecular formula is C22H17F3N2O4S. The number of carboxylic acids is 1. The first kappa shape index (κ1) is 21.8. The maximum atomic E-state index is 12.8. The predicted octanol–water partition coefficient (Wildman–Crippen LogP) is 5.79. The second-order valence-electron chi connectivity index (χ2n) is 7.16. The quantitative estimate of drug-likeness (QED) is 0.390. The van der Waals surface area contributed by atoms with Crippen molar-refractivity contribution >= 4 is 28.4 Å². The minimum Gasteiger partial charge on any atom is -0.488 e. The molecule has 0 aliphatic heterocycles. The van der Waals surface area contributed by atoms with Gasteiger partial charge in [0.1, 0.15) is 29.3 Å². The summed E-state index contributed by atoms with van der Waals surface area (Å²) in [5.41, 5.74) is 2.39. The third-order valence-electron chi connectivity index (χ3n) is 4.72. The largest absolute Gasteiger partial charge is 0.488 e. The monoisotopic (exact) mass is 462 g/mol. The molecule has 0 radical (unpaired) electrons. The van der Waals surface area contributed by atoms with Crippen LogP contribution in [0.1, 0.15) is 27.6 Å². The molecular weight excluding hydrogens is 445 g/mol. The average molecular weight is 462 g/mol. The molecule has 2 aromatic carbocycles. The number of hydrogen-bond acceptors (Lipinski definition) is 6. The molecule has 0 spiro atoms. The van der Waals surface area contributed by atoms with Crippen molar-refractivity contribution < 1.29 is 32.2 Å². The zero-order valence-electron chi connectivity index (χ0n) is 17.0. The molecule has 10 heteroatoms. The van der Waals surface area contributed by atoms with Crippen LogP contribution in [0.5, 0.6) is 5.75 Å². The number of fused-ring (bicyclic) bond motifs is 1. The number of ether oxygens (including phenoxy) is 1. The van der Waals surface area contributed by atoms with Crippen LogP contribution in [-0.2, 0) is 24.0 Å². The van der Waals surface area contributed by atoms with Gasteiger partial charge in [-0.25, -0.2) is 9.97 Å². The summed E-state index contributed by atoms with van der Waals surface area (Å²) in [4.78, 5) is 20.4. The molecule has 0 bridgehead atoms. The Morgan fingerprint density at radius 2 is 1.88 bits per heavy atom. The molecule has 4 aromatic rings.